The van der Waals surface area contributed by atoms with Gasteiger partial charge in [0, 0.05) is 26.0 Å². The molecule has 0 fully saturated rings. The number of benzene rings is 2. The summed E-state index contributed by atoms with van der Waals surface area (Å²) in [6.45, 7) is 5.53. The highest BCUT2D eigenvalue weighted by atomic mass is 32.2. The predicted octanol–water partition coefficient (Wildman–Crippen LogP) is 4.50. The number of aryl methyl sites for hydroxylation is 1. The third kappa shape index (κ3) is 4.00. The molecule has 0 aliphatic rings. The molecule has 4 rings (SSSR count). The first-order valence-electron chi connectivity index (χ1n) is 10.2. The summed E-state index contributed by atoms with van der Waals surface area (Å²) in [4.78, 5) is 13.0. The van der Waals surface area contributed by atoms with Crippen LogP contribution in [-0.4, -0.2) is 32.9 Å². The van der Waals surface area contributed by atoms with Crippen LogP contribution in [0.3, 0.4) is 0 Å². The number of aromatic nitrogens is 4. The fourth-order valence-corrected chi connectivity index (χ4v) is 4.44. The Labute approximate surface area is 179 Å². The minimum Gasteiger partial charge on any atom is -0.385 e. The molecule has 6 nitrogen and oxygen atoms in total. The number of hydrogen-bond donors (Lipinski definition) is 0. The zero-order valence-corrected chi connectivity index (χ0v) is 18.4. The van der Waals surface area contributed by atoms with E-state index in [1.165, 1.54) is 11.1 Å². The highest BCUT2D eigenvalue weighted by Gasteiger charge is 2.16. The van der Waals surface area contributed by atoms with E-state index in [4.69, 9.17) is 4.74 Å². The Morgan fingerprint density at radius 2 is 1.83 bits per heavy atom. The summed E-state index contributed by atoms with van der Waals surface area (Å²) in [5, 5.41) is 10.3. The molecule has 2 heterocycles. The van der Waals surface area contributed by atoms with Crippen LogP contribution >= 0.6 is 11.8 Å². The molecule has 0 bridgehead atoms. The van der Waals surface area contributed by atoms with Crippen LogP contribution in [-0.2, 0) is 17.0 Å². The Hall–Kier alpha value is -2.64. The predicted molar refractivity (Wildman–Crippen MR) is 121 cm³/mol. The van der Waals surface area contributed by atoms with Gasteiger partial charge in [-0.2, -0.15) is 0 Å². The molecule has 0 radical (unpaired) electrons. The summed E-state index contributed by atoms with van der Waals surface area (Å²) in [7, 11) is 1.66. The lowest BCUT2D eigenvalue weighted by Gasteiger charge is -2.11. The molecular formula is C23H26N4O2S. The summed E-state index contributed by atoms with van der Waals surface area (Å²) in [5.74, 6) is 1.89. The van der Waals surface area contributed by atoms with E-state index in [2.05, 4.69) is 48.3 Å². The smallest absolute Gasteiger partial charge is 0.262 e. The number of fused-ring (bicyclic) bond motifs is 3. The molecule has 0 N–H and O–H groups in total. The van der Waals surface area contributed by atoms with Crippen molar-refractivity contribution < 1.29 is 4.74 Å². The average Bonchev–Trinajstić information content (AvgIpc) is 3.19. The summed E-state index contributed by atoms with van der Waals surface area (Å²) < 4.78 is 8.86. The van der Waals surface area contributed by atoms with Crippen LogP contribution in [0.5, 0.6) is 0 Å². The number of ether oxygens (including phenoxy) is 1. The molecule has 4 aromatic rings. The van der Waals surface area contributed by atoms with E-state index in [0.29, 0.717) is 30.2 Å². The van der Waals surface area contributed by atoms with E-state index in [-0.39, 0.29) is 5.56 Å². The minimum absolute atomic E-state index is 0.0394. The lowest BCUT2D eigenvalue weighted by molar-refractivity contribution is 0.190. The Kier molecular flexibility index (Phi) is 6.20. The zero-order chi connectivity index (χ0) is 21.1. The lowest BCUT2D eigenvalue weighted by atomic mass is 10.0. The van der Waals surface area contributed by atoms with E-state index >= 15 is 0 Å². The van der Waals surface area contributed by atoms with Crippen molar-refractivity contribution in [1.82, 2.24) is 19.2 Å². The van der Waals surface area contributed by atoms with Gasteiger partial charge in [-0.25, -0.2) is 0 Å². The Morgan fingerprint density at radius 1 is 1.07 bits per heavy atom. The molecule has 7 heteroatoms. The van der Waals surface area contributed by atoms with Crippen LogP contribution in [0.15, 0.2) is 58.5 Å². The van der Waals surface area contributed by atoms with Gasteiger partial charge < -0.3 is 4.74 Å². The van der Waals surface area contributed by atoms with Crippen molar-refractivity contribution in [2.24, 2.45) is 0 Å². The van der Waals surface area contributed by atoms with Crippen LogP contribution < -0.4 is 5.56 Å². The van der Waals surface area contributed by atoms with Gasteiger partial charge in [-0.05, 0) is 35.6 Å². The maximum Gasteiger partial charge on any atom is 0.262 e. The van der Waals surface area contributed by atoms with Crippen molar-refractivity contribution in [3.63, 3.8) is 0 Å². The van der Waals surface area contributed by atoms with E-state index in [1.807, 2.05) is 28.7 Å². The van der Waals surface area contributed by atoms with Crippen LogP contribution in [0.25, 0.3) is 16.7 Å². The summed E-state index contributed by atoms with van der Waals surface area (Å²) in [5.41, 5.74) is 3.37. The normalized spacial score (nSPS) is 11.7. The first-order chi connectivity index (χ1) is 14.6. The first-order valence-corrected chi connectivity index (χ1v) is 11.2. The van der Waals surface area contributed by atoms with Gasteiger partial charge in [0.1, 0.15) is 0 Å². The van der Waals surface area contributed by atoms with Crippen molar-refractivity contribution in [1.29, 1.82) is 0 Å². The van der Waals surface area contributed by atoms with Gasteiger partial charge >= 0.3 is 0 Å². The van der Waals surface area contributed by atoms with Crippen molar-refractivity contribution in [3.05, 3.63) is 70.0 Å². The van der Waals surface area contributed by atoms with Gasteiger partial charge in [0.25, 0.3) is 5.56 Å². The maximum absolute atomic E-state index is 13.0. The monoisotopic (exact) mass is 422 g/mol. The van der Waals surface area contributed by atoms with Gasteiger partial charge in [-0.15, -0.1) is 10.2 Å². The number of para-hydroxylation sites is 1. The third-order valence-electron chi connectivity index (χ3n) is 5.22. The number of thioether (sulfide) groups is 1. The number of nitrogens with zero attached hydrogens (tertiary/aromatic N) is 4. The summed E-state index contributed by atoms with van der Waals surface area (Å²) in [6.07, 6.45) is 0.738. The van der Waals surface area contributed by atoms with E-state index in [0.717, 1.165) is 22.8 Å². The van der Waals surface area contributed by atoms with Gasteiger partial charge in [-0.3, -0.25) is 13.8 Å². The molecule has 0 amide bonds. The van der Waals surface area contributed by atoms with E-state index in [1.54, 1.807) is 23.4 Å². The SMILES string of the molecule is COCCCn1c(=O)c2ccccc2n2c(SCc3ccc(C(C)C)cc3)nnc12. The molecule has 0 atom stereocenters. The fraction of sp³-hybridized carbons (Fsp3) is 0.348. The fourth-order valence-electron chi connectivity index (χ4n) is 3.54. The van der Waals surface area contributed by atoms with Crippen LogP contribution in [0, 0.1) is 0 Å². The molecule has 156 valence electrons. The standard InChI is InChI=1S/C23H26N4O2S/c1-16(2)18-11-9-17(10-12-18)15-30-23-25-24-22-26(13-6-14-29-3)21(28)19-7-4-5-8-20(19)27(22)23/h4-5,7-12,16H,6,13-15H2,1-3H3. The molecule has 0 aliphatic heterocycles. The maximum atomic E-state index is 13.0. The quantitative estimate of drug-likeness (QED) is 0.309. The summed E-state index contributed by atoms with van der Waals surface area (Å²) in [6, 6.07) is 16.4. The third-order valence-corrected chi connectivity index (χ3v) is 6.22. The number of hydrogen-bond acceptors (Lipinski definition) is 5. The van der Waals surface area contributed by atoms with Crippen molar-refractivity contribution >= 4 is 28.4 Å². The largest absolute Gasteiger partial charge is 0.385 e. The zero-order valence-electron chi connectivity index (χ0n) is 17.5. The first kappa shape index (κ1) is 20.6. The molecule has 0 unspecified atom stereocenters. The van der Waals surface area contributed by atoms with Gasteiger partial charge in [0.2, 0.25) is 5.78 Å². The lowest BCUT2D eigenvalue weighted by Crippen LogP contribution is -2.24. The highest BCUT2D eigenvalue weighted by Crippen LogP contribution is 2.25. The second kappa shape index (κ2) is 9.02. The molecule has 0 aliphatic carbocycles. The summed E-state index contributed by atoms with van der Waals surface area (Å²) >= 11 is 1.63. The van der Waals surface area contributed by atoms with Crippen LogP contribution in [0.4, 0.5) is 0 Å². The van der Waals surface area contributed by atoms with Gasteiger partial charge in [-0.1, -0.05) is 62.0 Å². The van der Waals surface area contributed by atoms with Crippen molar-refractivity contribution in [2.75, 3.05) is 13.7 Å². The molecule has 2 aromatic carbocycles. The van der Waals surface area contributed by atoms with Crippen molar-refractivity contribution in [2.45, 2.75) is 43.6 Å². The second-order valence-electron chi connectivity index (χ2n) is 7.62. The van der Waals surface area contributed by atoms with Crippen LogP contribution in [0.1, 0.15) is 37.3 Å². The topological polar surface area (TPSA) is 61.4 Å². The van der Waals surface area contributed by atoms with E-state index < -0.39 is 0 Å². The molecule has 0 spiro atoms. The molecule has 30 heavy (non-hydrogen) atoms. The Bertz CT molecular complexity index is 1210. The molecule has 0 saturated carbocycles. The minimum atomic E-state index is -0.0394. The Morgan fingerprint density at radius 3 is 2.57 bits per heavy atom. The molecular weight excluding hydrogens is 396 g/mol. The van der Waals surface area contributed by atoms with Gasteiger partial charge in [0.05, 0.1) is 10.9 Å². The molecule has 0 saturated heterocycles. The van der Waals surface area contributed by atoms with E-state index in [9.17, 15) is 4.79 Å². The van der Waals surface area contributed by atoms with Gasteiger partial charge in [0.15, 0.2) is 5.16 Å². The van der Waals surface area contributed by atoms with Crippen molar-refractivity contribution in [3.8, 4) is 0 Å². The Balaban J connectivity index is 1.71. The number of methoxy groups -OCH3 is 1. The second-order valence-corrected chi connectivity index (χ2v) is 8.57. The average molecular weight is 423 g/mol. The molecule has 2 aromatic heterocycles. The van der Waals surface area contributed by atoms with Crippen LogP contribution in [0.2, 0.25) is 0 Å². The number of rotatable bonds is 8. The highest BCUT2D eigenvalue weighted by molar-refractivity contribution is 7.98.